The summed E-state index contributed by atoms with van der Waals surface area (Å²) in [7, 11) is 0. The smallest absolute Gasteiger partial charge is 0.137 e. The molecule has 1 atom stereocenters. The molecule has 5 heteroatoms. The molecule has 19 heavy (non-hydrogen) atoms. The van der Waals surface area contributed by atoms with Crippen molar-refractivity contribution in [1.82, 2.24) is 9.97 Å². The van der Waals surface area contributed by atoms with Crippen molar-refractivity contribution in [3.63, 3.8) is 0 Å². The lowest BCUT2D eigenvalue weighted by molar-refractivity contribution is 0.765. The first kappa shape index (κ1) is 14.3. The van der Waals surface area contributed by atoms with Crippen LogP contribution in [-0.4, -0.2) is 9.97 Å². The SMILES string of the molecule is Cc1c(Cl)nc(C(C)C)nc1NC(C)c1ccsc1. The third kappa shape index (κ3) is 3.25. The maximum Gasteiger partial charge on any atom is 0.137 e. The minimum Gasteiger partial charge on any atom is -0.363 e. The fraction of sp³-hybridized carbons (Fsp3) is 0.429. The topological polar surface area (TPSA) is 37.8 Å². The van der Waals surface area contributed by atoms with Gasteiger partial charge >= 0.3 is 0 Å². The number of thiophene rings is 1. The van der Waals surface area contributed by atoms with Gasteiger partial charge in [-0.1, -0.05) is 25.4 Å². The van der Waals surface area contributed by atoms with Crippen LogP contribution < -0.4 is 5.32 Å². The van der Waals surface area contributed by atoms with Crippen LogP contribution in [-0.2, 0) is 0 Å². The number of hydrogen-bond acceptors (Lipinski definition) is 4. The first-order valence-electron chi connectivity index (χ1n) is 6.31. The van der Waals surface area contributed by atoms with Crippen molar-refractivity contribution in [3.8, 4) is 0 Å². The summed E-state index contributed by atoms with van der Waals surface area (Å²) < 4.78 is 0. The summed E-state index contributed by atoms with van der Waals surface area (Å²) in [6.45, 7) is 8.18. The van der Waals surface area contributed by atoms with Crippen molar-refractivity contribution in [2.24, 2.45) is 0 Å². The lowest BCUT2D eigenvalue weighted by Gasteiger charge is -2.17. The van der Waals surface area contributed by atoms with Gasteiger partial charge in [-0.3, -0.25) is 0 Å². The van der Waals surface area contributed by atoms with E-state index in [0.29, 0.717) is 5.15 Å². The number of rotatable bonds is 4. The van der Waals surface area contributed by atoms with Gasteiger partial charge in [0.15, 0.2) is 0 Å². The molecule has 0 aliphatic carbocycles. The Morgan fingerprint density at radius 1 is 1.26 bits per heavy atom. The highest BCUT2D eigenvalue weighted by atomic mass is 35.5. The van der Waals surface area contributed by atoms with E-state index in [0.717, 1.165) is 17.2 Å². The van der Waals surface area contributed by atoms with Crippen molar-refractivity contribution < 1.29 is 0 Å². The summed E-state index contributed by atoms with van der Waals surface area (Å²) in [5.41, 5.74) is 2.15. The van der Waals surface area contributed by atoms with Crippen LogP contribution in [0.2, 0.25) is 5.15 Å². The van der Waals surface area contributed by atoms with Crippen molar-refractivity contribution >= 4 is 28.8 Å². The van der Waals surface area contributed by atoms with Crippen molar-refractivity contribution in [2.45, 2.75) is 39.7 Å². The van der Waals surface area contributed by atoms with E-state index in [1.54, 1.807) is 11.3 Å². The molecule has 0 bridgehead atoms. The van der Waals surface area contributed by atoms with Crippen LogP contribution in [0.5, 0.6) is 0 Å². The largest absolute Gasteiger partial charge is 0.363 e. The quantitative estimate of drug-likeness (QED) is 0.824. The van der Waals surface area contributed by atoms with Gasteiger partial charge in [-0.2, -0.15) is 11.3 Å². The van der Waals surface area contributed by atoms with E-state index < -0.39 is 0 Å². The average Bonchev–Trinajstić information content (AvgIpc) is 2.88. The maximum atomic E-state index is 6.18. The van der Waals surface area contributed by atoms with Crippen LogP contribution in [0.3, 0.4) is 0 Å². The molecule has 2 aromatic rings. The first-order chi connectivity index (χ1) is 8.99. The Hall–Kier alpha value is -1.13. The van der Waals surface area contributed by atoms with E-state index in [1.807, 2.05) is 6.92 Å². The van der Waals surface area contributed by atoms with Crippen LogP contribution in [0.25, 0.3) is 0 Å². The first-order valence-corrected chi connectivity index (χ1v) is 7.63. The van der Waals surface area contributed by atoms with E-state index in [2.05, 4.69) is 52.9 Å². The molecule has 0 radical (unpaired) electrons. The fourth-order valence-electron chi connectivity index (χ4n) is 1.71. The monoisotopic (exact) mass is 295 g/mol. The van der Waals surface area contributed by atoms with Gasteiger partial charge in [0.25, 0.3) is 0 Å². The van der Waals surface area contributed by atoms with E-state index in [-0.39, 0.29) is 12.0 Å². The molecule has 1 unspecified atom stereocenters. The van der Waals surface area contributed by atoms with Gasteiger partial charge in [-0.15, -0.1) is 0 Å². The van der Waals surface area contributed by atoms with Crippen molar-refractivity contribution in [2.75, 3.05) is 5.32 Å². The van der Waals surface area contributed by atoms with Crippen molar-refractivity contribution in [1.29, 1.82) is 0 Å². The number of nitrogens with one attached hydrogen (secondary N) is 1. The third-order valence-corrected chi connectivity index (χ3v) is 4.09. The normalized spacial score (nSPS) is 12.7. The molecule has 0 aliphatic rings. The molecule has 0 aliphatic heterocycles. The Morgan fingerprint density at radius 2 is 2.00 bits per heavy atom. The second kappa shape index (κ2) is 5.88. The summed E-state index contributed by atoms with van der Waals surface area (Å²) in [5.74, 6) is 1.85. The highest BCUT2D eigenvalue weighted by Crippen LogP contribution is 2.26. The van der Waals surface area contributed by atoms with Crippen LogP contribution >= 0.6 is 22.9 Å². The predicted octanol–water partition coefficient (Wildman–Crippen LogP) is 4.80. The van der Waals surface area contributed by atoms with Gasteiger partial charge in [0.05, 0.1) is 6.04 Å². The summed E-state index contributed by atoms with van der Waals surface area (Å²) in [4.78, 5) is 8.90. The highest BCUT2D eigenvalue weighted by Gasteiger charge is 2.14. The Labute approximate surface area is 123 Å². The minimum absolute atomic E-state index is 0.205. The van der Waals surface area contributed by atoms with Crippen LogP contribution in [0.4, 0.5) is 5.82 Å². The molecule has 0 fully saturated rings. The second-order valence-electron chi connectivity index (χ2n) is 4.92. The standard InChI is InChI=1S/C14H18ClN3S/c1-8(2)13-17-12(15)9(3)14(18-13)16-10(4)11-5-6-19-7-11/h5-8,10H,1-4H3,(H,16,17,18). The Bertz CT molecular complexity index is 552. The molecule has 2 rings (SSSR count). The maximum absolute atomic E-state index is 6.18. The molecular weight excluding hydrogens is 278 g/mol. The molecule has 0 amide bonds. The van der Waals surface area contributed by atoms with Gasteiger partial charge in [-0.25, -0.2) is 9.97 Å². The van der Waals surface area contributed by atoms with Gasteiger partial charge in [0, 0.05) is 11.5 Å². The Morgan fingerprint density at radius 3 is 2.58 bits per heavy atom. The number of aromatic nitrogens is 2. The van der Waals surface area contributed by atoms with E-state index in [9.17, 15) is 0 Å². The van der Waals surface area contributed by atoms with Gasteiger partial charge in [0.1, 0.15) is 16.8 Å². The van der Waals surface area contributed by atoms with E-state index in [1.165, 1.54) is 5.56 Å². The zero-order valence-electron chi connectivity index (χ0n) is 11.6. The molecule has 102 valence electrons. The molecule has 0 spiro atoms. The summed E-state index contributed by atoms with van der Waals surface area (Å²) >= 11 is 7.88. The van der Waals surface area contributed by atoms with Crippen LogP contribution in [0.1, 0.15) is 49.7 Å². The average molecular weight is 296 g/mol. The third-order valence-electron chi connectivity index (χ3n) is 3.02. The molecular formula is C14H18ClN3S. The predicted molar refractivity (Wildman–Crippen MR) is 82.2 cm³/mol. The van der Waals surface area contributed by atoms with Crippen LogP contribution in [0, 0.1) is 6.92 Å². The number of nitrogens with zero attached hydrogens (tertiary/aromatic N) is 2. The number of halogens is 1. The molecule has 0 saturated carbocycles. The number of anilines is 1. The summed E-state index contributed by atoms with van der Waals surface area (Å²) in [6, 6.07) is 2.32. The molecule has 1 N–H and O–H groups in total. The van der Waals surface area contributed by atoms with Gasteiger partial charge in [0.2, 0.25) is 0 Å². The zero-order chi connectivity index (χ0) is 14.0. The highest BCUT2D eigenvalue weighted by molar-refractivity contribution is 7.07. The second-order valence-corrected chi connectivity index (χ2v) is 6.06. The minimum atomic E-state index is 0.205. The molecule has 2 aromatic heterocycles. The summed E-state index contributed by atoms with van der Waals surface area (Å²) in [6.07, 6.45) is 0. The fourth-order valence-corrected chi connectivity index (χ4v) is 2.64. The van der Waals surface area contributed by atoms with Crippen molar-refractivity contribution in [3.05, 3.63) is 38.9 Å². The zero-order valence-corrected chi connectivity index (χ0v) is 13.1. The molecule has 0 aromatic carbocycles. The lowest BCUT2D eigenvalue weighted by atomic mass is 10.1. The van der Waals surface area contributed by atoms with E-state index >= 15 is 0 Å². The molecule has 2 heterocycles. The summed E-state index contributed by atoms with van der Waals surface area (Å²) in [5, 5.41) is 8.16. The number of hydrogen-bond donors (Lipinski definition) is 1. The van der Waals surface area contributed by atoms with Gasteiger partial charge < -0.3 is 5.32 Å². The van der Waals surface area contributed by atoms with E-state index in [4.69, 9.17) is 11.6 Å². The van der Waals surface area contributed by atoms with Crippen LogP contribution in [0.15, 0.2) is 16.8 Å². The lowest BCUT2D eigenvalue weighted by Crippen LogP contribution is -2.11. The Balaban J connectivity index is 2.29. The Kier molecular flexibility index (Phi) is 4.42. The molecule has 3 nitrogen and oxygen atoms in total. The molecule has 0 saturated heterocycles. The van der Waals surface area contributed by atoms with Gasteiger partial charge in [-0.05, 0) is 36.2 Å².